The van der Waals surface area contributed by atoms with E-state index in [-0.39, 0.29) is 22.1 Å². The minimum Gasteiger partial charge on any atom is -0.507 e. The number of phenolic OH excluding ortho intramolecular Hbond substituents is 1. The first-order valence-corrected chi connectivity index (χ1v) is 20.5. The number of nitrogens with zero attached hydrogens (tertiary/aromatic N) is 3. The van der Waals surface area contributed by atoms with E-state index < -0.39 is 12.3 Å². The number of hydrogen-bond donors (Lipinski definition) is 1. The van der Waals surface area contributed by atoms with E-state index in [2.05, 4.69) is 111 Å². The van der Waals surface area contributed by atoms with E-state index >= 15 is 0 Å². The lowest BCUT2D eigenvalue weighted by Crippen LogP contribution is -2.17. The first-order valence-electron chi connectivity index (χ1n) is 22.0. The SMILES string of the molecule is [2H]C([2H])([2H])c1cc(-c2ccccc2)ccc1-n1c(-c2cc(C(C)(C)C)cc(C(C)(C)C)c2O)nc2c(-c3cc(-c4cc(-c5ccccc5)ccn4)cc(C(C)(C)C)c3)cccc21. The van der Waals surface area contributed by atoms with Crippen LogP contribution in [0.2, 0.25) is 0 Å². The molecule has 0 unspecified atom stereocenters. The largest absolute Gasteiger partial charge is 0.507 e. The number of phenols is 1. The molecule has 4 heteroatoms. The fraction of sp³-hybridized carbons (Fsp3) is 0.236. The standard InChI is InChI=1S/C55H55N3O/c1-35-28-38(36-18-13-11-14-19-36)24-25-48(35)58-49-23-17-22-44(50(49)57-52(58)45-33-43(54(5,6)7)34-46(51(45)59)55(8,9)10)40-29-41(31-42(30-40)53(2,3)4)47-32-39(26-27-56-47)37-20-15-12-16-21-37/h11-34,59H,1-10H3/i1D3. The molecule has 59 heavy (non-hydrogen) atoms. The van der Waals surface area contributed by atoms with Gasteiger partial charge >= 0.3 is 0 Å². The molecule has 0 saturated heterocycles. The Balaban J connectivity index is 1.45. The number of para-hydroxylation sites is 1. The van der Waals surface area contributed by atoms with Gasteiger partial charge in [-0.3, -0.25) is 9.55 Å². The lowest BCUT2D eigenvalue weighted by Gasteiger charge is -2.27. The summed E-state index contributed by atoms with van der Waals surface area (Å²) in [5, 5.41) is 12.4. The number of rotatable bonds is 6. The van der Waals surface area contributed by atoms with Crippen LogP contribution in [0.15, 0.2) is 146 Å². The Kier molecular flexibility index (Phi) is 9.02. The molecule has 0 radical (unpaired) electrons. The normalized spacial score (nSPS) is 13.3. The van der Waals surface area contributed by atoms with Gasteiger partial charge in [-0.15, -0.1) is 0 Å². The lowest BCUT2D eigenvalue weighted by atomic mass is 9.79. The molecule has 0 aliphatic heterocycles. The number of aryl methyl sites for hydroxylation is 1. The Morgan fingerprint density at radius 2 is 1.15 bits per heavy atom. The van der Waals surface area contributed by atoms with Crippen molar-refractivity contribution in [2.75, 3.05) is 0 Å². The highest BCUT2D eigenvalue weighted by atomic mass is 16.3. The zero-order valence-corrected chi connectivity index (χ0v) is 35.6. The first kappa shape index (κ1) is 35.9. The molecule has 0 saturated carbocycles. The quantitative estimate of drug-likeness (QED) is 0.183. The smallest absolute Gasteiger partial charge is 0.149 e. The van der Waals surface area contributed by atoms with E-state index in [1.807, 2.05) is 95.7 Å². The first-order chi connectivity index (χ1) is 29.2. The van der Waals surface area contributed by atoms with Crippen molar-refractivity contribution in [3.63, 3.8) is 0 Å². The van der Waals surface area contributed by atoms with Crippen molar-refractivity contribution in [3.05, 3.63) is 168 Å². The summed E-state index contributed by atoms with van der Waals surface area (Å²) >= 11 is 0. The zero-order chi connectivity index (χ0) is 44.4. The van der Waals surface area contributed by atoms with Crippen LogP contribution in [0.4, 0.5) is 0 Å². The molecular weight excluding hydrogens is 719 g/mol. The highest BCUT2D eigenvalue weighted by Gasteiger charge is 2.29. The minimum absolute atomic E-state index is 0.126. The van der Waals surface area contributed by atoms with Crippen molar-refractivity contribution in [1.82, 2.24) is 14.5 Å². The maximum atomic E-state index is 12.4. The predicted octanol–water partition coefficient (Wildman–Crippen LogP) is 14.7. The molecule has 0 bridgehead atoms. The summed E-state index contributed by atoms with van der Waals surface area (Å²) < 4.78 is 28.7. The van der Waals surface area contributed by atoms with E-state index in [1.165, 1.54) is 0 Å². The van der Waals surface area contributed by atoms with Gasteiger partial charge < -0.3 is 5.11 Å². The molecule has 1 N–H and O–H groups in total. The number of imidazole rings is 1. The number of aromatic nitrogens is 3. The molecular formula is C55H55N3O. The summed E-state index contributed by atoms with van der Waals surface area (Å²) in [5.41, 5.74) is 12.3. The van der Waals surface area contributed by atoms with Gasteiger partial charge in [0.15, 0.2) is 0 Å². The molecule has 8 aromatic rings. The van der Waals surface area contributed by atoms with Gasteiger partial charge in [0, 0.05) is 27.0 Å². The number of fused-ring (bicyclic) bond motifs is 1. The van der Waals surface area contributed by atoms with Crippen molar-refractivity contribution >= 4 is 11.0 Å². The molecule has 296 valence electrons. The fourth-order valence-corrected chi connectivity index (χ4v) is 7.87. The molecule has 6 aromatic carbocycles. The highest BCUT2D eigenvalue weighted by molar-refractivity contribution is 5.97. The summed E-state index contributed by atoms with van der Waals surface area (Å²) in [6, 6.07) is 46.8. The number of hydrogen-bond acceptors (Lipinski definition) is 3. The Hall–Kier alpha value is -6.26. The van der Waals surface area contributed by atoms with Gasteiger partial charge in [-0.25, -0.2) is 4.98 Å². The van der Waals surface area contributed by atoms with E-state index in [0.717, 1.165) is 66.8 Å². The molecule has 2 heterocycles. The second-order valence-electron chi connectivity index (χ2n) is 18.8. The zero-order valence-electron chi connectivity index (χ0n) is 38.6. The van der Waals surface area contributed by atoms with Crippen LogP contribution >= 0.6 is 0 Å². The fourth-order valence-electron chi connectivity index (χ4n) is 7.87. The van der Waals surface area contributed by atoms with Gasteiger partial charge in [0.05, 0.1) is 28.0 Å². The maximum absolute atomic E-state index is 12.4. The third kappa shape index (κ3) is 7.72. The summed E-state index contributed by atoms with van der Waals surface area (Å²) in [4.78, 5) is 10.4. The Labute approximate surface area is 354 Å². The van der Waals surface area contributed by atoms with Crippen LogP contribution in [0.3, 0.4) is 0 Å². The average Bonchev–Trinajstić information content (AvgIpc) is 3.62. The van der Waals surface area contributed by atoms with E-state index in [9.17, 15) is 5.11 Å². The summed E-state index contributed by atoms with van der Waals surface area (Å²) in [6.45, 7) is 16.9. The molecule has 0 amide bonds. The van der Waals surface area contributed by atoms with Gasteiger partial charge in [-0.05, 0) is 116 Å². The van der Waals surface area contributed by atoms with Gasteiger partial charge in [-0.1, -0.05) is 153 Å². The Bertz CT molecular complexity index is 2940. The number of pyridine rings is 1. The molecule has 0 aliphatic carbocycles. The summed E-state index contributed by atoms with van der Waals surface area (Å²) in [6.07, 6.45) is 1.87. The van der Waals surface area contributed by atoms with E-state index in [4.69, 9.17) is 14.1 Å². The van der Waals surface area contributed by atoms with Crippen LogP contribution in [-0.4, -0.2) is 19.6 Å². The van der Waals surface area contributed by atoms with Crippen LogP contribution in [0.1, 0.15) is 88.7 Å². The maximum Gasteiger partial charge on any atom is 0.149 e. The van der Waals surface area contributed by atoms with Crippen molar-refractivity contribution in [1.29, 1.82) is 0 Å². The molecule has 2 aromatic heterocycles. The summed E-state index contributed by atoms with van der Waals surface area (Å²) in [7, 11) is 0. The van der Waals surface area contributed by atoms with Gasteiger partial charge in [0.2, 0.25) is 0 Å². The third-order valence-electron chi connectivity index (χ3n) is 11.3. The van der Waals surface area contributed by atoms with Crippen LogP contribution in [0, 0.1) is 6.85 Å². The Morgan fingerprint density at radius 3 is 1.78 bits per heavy atom. The molecule has 0 aliphatic rings. The molecule has 4 nitrogen and oxygen atoms in total. The Morgan fingerprint density at radius 1 is 0.525 bits per heavy atom. The predicted molar refractivity (Wildman–Crippen MR) is 249 cm³/mol. The monoisotopic (exact) mass is 776 g/mol. The van der Waals surface area contributed by atoms with E-state index in [0.29, 0.717) is 22.6 Å². The van der Waals surface area contributed by atoms with Crippen molar-refractivity contribution in [3.8, 4) is 67.5 Å². The van der Waals surface area contributed by atoms with E-state index in [1.54, 1.807) is 6.07 Å². The van der Waals surface area contributed by atoms with Crippen molar-refractivity contribution < 1.29 is 9.22 Å². The molecule has 0 fully saturated rings. The van der Waals surface area contributed by atoms with Gasteiger partial charge in [0.1, 0.15) is 11.6 Å². The number of benzene rings is 6. The van der Waals surface area contributed by atoms with Crippen LogP contribution in [-0.2, 0) is 16.2 Å². The van der Waals surface area contributed by atoms with Gasteiger partial charge in [-0.2, -0.15) is 0 Å². The topological polar surface area (TPSA) is 50.9 Å². The van der Waals surface area contributed by atoms with Crippen molar-refractivity contribution in [2.24, 2.45) is 0 Å². The van der Waals surface area contributed by atoms with Crippen LogP contribution in [0.5, 0.6) is 5.75 Å². The average molecular weight is 777 g/mol. The second kappa shape index (κ2) is 14.8. The van der Waals surface area contributed by atoms with Crippen LogP contribution in [0.25, 0.3) is 72.7 Å². The highest BCUT2D eigenvalue weighted by Crippen LogP contribution is 2.45. The summed E-state index contributed by atoms with van der Waals surface area (Å²) in [5.74, 6) is 0.588. The molecule has 0 atom stereocenters. The lowest BCUT2D eigenvalue weighted by molar-refractivity contribution is 0.446. The van der Waals surface area contributed by atoms with Crippen LogP contribution < -0.4 is 0 Å². The molecule has 8 rings (SSSR count). The third-order valence-corrected chi connectivity index (χ3v) is 11.3. The molecule has 0 spiro atoms. The van der Waals surface area contributed by atoms with Gasteiger partial charge in [0.25, 0.3) is 0 Å². The number of aromatic hydroxyl groups is 1. The van der Waals surface area contributed by atoms with Crippen molar-refractivity contribution in [2.45, 2.75) is 85.4 Å². The second-order valence-corrected chi connectivity index (χ2v) is 18.8. The minimum atomic E-state index is -2.48.